The van der Waals surface area contributed by atoms with Gasteiger partial charge < -0.3 is 19.2 Å². The molecular weight excluding hydrogens is 360 g/mol. The fraction of sp³-hybridized carbons (Fsp3) is 0.286. The van der Waals surface area contributed by atoms with Crippen molar-refractivity contribution in [1.29, 1.82) is 0 Å². The molecule has 146 valence electrons. The summed E-state index contributed by atoms with van der Waals surface area (Å²) in [5.74, 6) is 1.19. The van der Waals surface area contributed by atoms with Crippen LogP contribution in [0.25, 0.3) is 10.9 Å². The van der Waals surface area contributed by atoms with Gasteiger partial charge >= 0.3 is 5.97 Å². The molecule has 0 fully saturated rings. The summed E-state index contributed by atoms with van der Waals surface area (Å²) in [6.07, 6.45) is 0.0285. The van der Waals surface area contributed by atoms with Crippen LogP contribution < -0.4 is 15.0 Å². The molecule has 3 rings (SSSR count). The zero-order chi connectivity index (χ0) is 20.1. The van der Waals surface area contributed by atoms with E-state index in [0.29, 0.717) is 34.6 Å². The highest BCUT2D eigenvalue weighted by Gasteiger charge is 2.16. The van der Waals surface area contributed by atoms with Crippen molar-refractivity contribution in [3.8, 4) is 11.5 Å². The van der Waals surface area contributed by atoms with Gasteiger partial charge in [0, 0.05) is 6.42 Å². The van der Waals surface area contributed by atoms with Gasteiger partial charge in [-0.2, -0.15) is 0 Å². The van der Waals surface area contributed by atoms with E-state index in [0.717, 1.165) is 5.56 Å². The van der Waals surface area contributed by atoms with Gasteiger partial charge in [-0.3, -0.25) is 9.59 Å². The Bertz CT molecular complexity index is 1040. The first-order valence-electron chi connectivity index (χ1n) is 8.91. The number of aromatic amines is 1. The Kier molecular flexibility index (Phi) is 5.93. The average molecular weight is 382 g/mol. The number of nitrogens with zero attached hydrogens (tertiary/aromatic N) is 1. The van der Waals surface area contributed by atoms with Crippen LogP contribution in [0.5, 0.6) is 11.5 Å². The molecule has 1 atom stereocenters. The minimum Gasteiger partial charge on any atom is -0.493 e. The summed E-state index contributed by atoms with van der Waals surface area (Å²) in [5.41, 5.74) is 1.24. The summed E-state index contributed by atoms with van der Waals surface area (Å²) < 4.78 is 15.9. The molecule has 2 aromatic carbocycles. The van der Waals surface area contributed by atoms with Crippen LogP contribution in [-0.4, -0.2) is 30.2 Å². The van der Waals surface area contributed by atoms with E-state index in [2.05, 4.69) is 9.97 Å². The second kappa shape index (κ2) is 8.56. The summed E-state index contributed by atoms with van der Waals surface area (Å²) in [6.45, 7) is 1.68. The zero-order valence-corrected chi connectivity index (χ0v) is 16.0. The Hall–Kier alpha value is -3.35. The van der Waals surface area contributed by atoms with E-state index in [1.165, 1.54) is 0 Å². The fourth-order valence-corrected chi connectivity index (χ4v) is 2.89. The summed E-state index contributed by atoms with van der Waals surface area (Å²) in [6, 6.07) is 12.5. The van der Waals surface area contributed by atoms with Gasteiger partial charge in [-0.25, -0.2) is 4.98 Å². The maximum atomic E-state index is 12.2. The molecule has 1 aromatic heterocycles. The highest BCUT2D eigenvalue weighted by atomic mass is 16.5. The number of ether oxygens (including phenoxy) is 3. The minimum absolute atomic E-state index is 0.192. The van der Waals surface area contributed by atoms with Gasteiger partial charge in [0.05, 0.1) is 25.1 Å². The highest BCUT2D eigenvalue weighted by Crippen LogP contribution is 2.28. The Morgan fingerprint density at radius 3 is 2.61 bits per heavy atom. The van der Waals surface area contributed by atoms with Crippen LogP contribution >= 0.6 is 0 Å². The normalized spacial score (nSPS) is 11.8. The zero-order valence-electron chi connectivity index (χ0n) is 16.0. The number of methoxy groups -OCH3 is 2. The van der Waals surface area contributed by atoms with Gasteiger partial charge in [-0.1, -0.05) is 18.2 Å². The number of aryl methyl sites for hydroxylation is 1. The molecule has 0 radical (unpaired) electrons. The molecule has 7 nitrogen and oxygen atoms in total. The minimum atomic E-state index is -0.657. The van der Waals surface area contributed by atoms with Crippen LogP contribution in [0.3, 0.4) is 0 Å². The quantitative estimate of drug-likeness (QED) is 0.631. The van der Waals surface area contributed by atoms with E-state index >= 15 is 0 Å². The molecular formula is C21H22N2O5. The van der Waals surface area contributed by atoms with Crippen molar-refractivity contribution < 1.29 is 19.0 Å². The first kappa shape index (κ1) is 19.4. The summed E-state index contributed by atoms with van der Waals surface area (Å²) in [7, 11) is 3.14. The standard InChI is InChI=1S/C21H22N2O5/c1-13(20-22-16-7-5-4-6-15(16)21(25)23-20)28-19(24)11-9-14-8-10-17(26-2)18(12-14)27-3/h4-8,10,12-13H,9,11H2,1-3H3,(H,22,23,25)/t13-/m1/s1. The third-order valence-electron chi connectivity index (χ3n) is 4.39. The van der Waals surface area contributed by atoms with Crippen molar-refractivity contribution in [2.45, 2.75) is 25.9 Å². The number of carbonyl (C=O) groups is 1. The van der Waals surface area contributed by atoms with Gasteiger partial charge in [0.25, 0.3) is 5.56 Å². The van der Waals surface area contributed by atoms with Crippen LogP contribution in [0.15, 0.2) is 47.3 Å². The van der Waals surface area contributed by atoms with Gasteiger partial charge in [0.1, 0.15) is 0 Å². The molecule has 0 aliphatic heterocycles. The lowest BCUT2D eigenvalue weighted by atomic mass is 10.1. The van der Waals surface area contributed by atoms with Crippen molar-refractivity contribution in [3.63, 3.8) is 0 Å². The van der Waals surface area contributed by atoms with E-state index in [1.807, 2.05) is 12.1 Å². The number of H-pyrrole nitrogens is 1. The molecule has 0 saturated heterocycles. The lowest BCUT2D eigenvalue weighted by molar-refractivity contribution is -0.148. The molecule has 28 heavy (non-hydrogen) atoms. The molecule has 0 bridgehead atoms. The largest absolute Gasteiger partial charge is 0.493 e. The second-order valence-corrected chi connectivity index (χ2v) is 6.29. The van der Waals surface area contributed by atoms with E-state index in [1.54, 1.807) is 51.5 Å². The highest BCUT2D eigenvalue weighted by molar-refractivity contribution is 5.77. The molecule has 0 aliphatic rings. The van der Waals surface area contributed by atoms with Crippen LogP contribution in [0, 0.1) is 0 Å². The SMILES string of the molecule is COc1ccc(CCC(=O)O[C@H](C)c2nc3ccccc3c(=O)[nH]2)cc1OC. The maximum Gasteiger partial charge on any atom is 0.306 e. The van der Waals surface area contributed by atoms with Crippen molar-refractivity contribution in [3.05, 3.63) is 64.2 Å². The Morgan fingerprint density at radius 2 is 1.86 bits per heavy atom. The lowest BCUT2D eigenvalue weighted by Gasteiger charge is -2.13. The average Bonchev–Trinajstić information content (AvgIpc) is 2.71. The topological polar surface area (TPSA) is 90.5 Å². The molecule has 1 N–H and O–H groups in total. The monoisotopic (exact) mass is 382 g/mol. The molecule has 0 aliphatic carbocycles. The van der Waals surface area contributed by atoms with Crippen molar-refractivity contribution in [2.75, 3.05) is 14.2 Å². The van der Waals surface area contributed by atoms with Gasteiger partial charge in [0.2, 0.25) is 0 Å². The lowest BCUT2D eigenvalue weighted by Crippen LogP contribution is -2.17. The Labute approximate surface area is 162 Å². The van der Waals surface area contributed by atoms with Crippen LogP contribution in [0.2, 0.25) is 0 Å². The number of rotatable bonds is 7. The second-order valence-electron chi connectivity index (χ2n) is 6.29. The Balaban J connectivity index is 1.64. The van der Waals surface area contributed by atoms with Crippen molar-refractivity contribution in [2.24, 2.45) is 0 Å². The molecule has 0 spiro atoms. The van der Waals surface area contributed by atoms with E-state index in [-0.39, 0.29) is 17.9 Å². The molecule has 7 heteroatoms. The molecule has 0 saturated carbocycles. The molecule has 3 aromatic rings. The number of hydrogen-bond acceptors (Lipinski definition) is 6. The number of hydrogen-bond donors (Lipinski definition) is 1. The number of fused-ring (bicyclic) bond motifs is 1. The first-order valence-corrected chi connectivity index (χ1v) is 8.91. The number of para-hydroxylation sites is 1. The maximum absolute atomic E-state index is 12.2. The number of nitrogens with one attached hydrogen (secondary N) is 1. The van der Waals surface area contributed by atoms with Crippen LogP contribution in [0.4, 0.5) is 0 Å². The summed E-state index contributed by atoms with van der Waals surface area (Å²) in [5, 5.41) is 0.498. The number of esters is 1. The van der Waals surface area contributed by atoms with E-state index in [4.69, 9.17) is 14.2 Å². The van der Waals surface area contributed by atoms with Gasteiger partial charge in [0.15, 0.2) is 23.4 Å². The fourth-order valence-electron chi connectivity index (χ4n) is 2.89. The predicted octanol–water partition coefficient (Wildman–Crippen LogP) is 3.18. The van der Waals surface area contributed by atoms with Gasteiger partial charge in [-0.05, 0) is 43.2 Å². The van der Waals surface area contributed by atoms with E-state index < -0.39 is 6.10 Å². The number of aromatic nitrogens is 2. The van der Waals surface area contributed by atoms with Gasteiger partial charge in [-0.15, -0.1) is 0 Å². The van der Waals surface area contributed by atoms with Crippen LogP contribution in [0.1, 0.15) is 30.8 Å². The predicted molar refractivity (Wildman–Crippen MR) is 105 cm³/mol. The van der Waals surface area contributed by atoms with E-state index in [9.17, 15) is 9.59 Å². The number of benzene rings is 2. The van der Waals surface area contributed by atoms with Crippen LogP contribution in [-0.2, 0) is 16.0 Å². The summed E-state index contributed by atoms with van der Waals surface area (Å²) >= 11 is 0. The third-order valence-corrected chi connectivity index (χ3v) is 4.39. The first-order chi connectivity index (χ1) is 13.5. The third kappa shape index (κ3) is 4.31. The summed E-state index contributed by atoms with van der Waals surface area (Å²) in [4.78, 5) is 31.5. The smallest absolute Gasteiger partial charge is 0.306 e. The molecule has 0 amide bonds. The van der Waals surface area contributed by atoms with Crippen molar-refractivity contribution in [1.82, 2.24) is 9.97 Å². The number of carbonyl (C=O) groups excluding carboxylic acids is 1. The van der Waals surface area contributed by atoms with Crippen molar-refractivity contribution >= 4 is 16.9 Å². The Morgan fingerprint density at radius 1 is 1.11 bits per heavy atom. The molecule has 0 unspecified atom stereocenters. The molecule has 1 heterocycles.